The normalized spacial score (nSPS) is 16.8. The van der Waals surface area contributed by atoms with Crippen molar-refractivity contribution in [3.63, 3.8) is 0 Å². The fraction of sp³-hybridized carbons (Fsp3) is 0.344. The Kier molecular flexibility index (Phi) is 8.63. The van der Waals surface area contributed by atoms with Crippen molar-refractivity contribution in [1.29, 1.82) is 0 Å². The van der Waals surface area contributed by atoms with Crippen LogP contribution in [0.5, 0.6) is 11.5 Å². The first-order valence-electron chi connectivity index (χ1n) is 14.6. The standard InChI is InChI=1S/C32H32F3N5O5/c1-43-23-11-7-21(8-12-23)18-38-16-17-44-25(19-38)20-39-15-3-6-28(31(39)42)36-29-26-4-2-5-27(26)30(41)40(37-29)22-9-13-24(14-10-22)45-32(33,34)35/h3,6-15,25H,2,4-5,16-20H2,1H3,(H,36,37)/t25-/m0/s1. The van der Waals surface area contributed by atoms with Gasteiger partial charge in [-0.05, 0) is 73.4 Å². The zero-order valence-corrected chi connectivity index (χ0v) is 24.5. The number of nitrogens with one attached hydrogen (secondary N) is 1. The van der Waals surface area contributed by atoms with E-state index in [1.54, 1.807) is 30.0 Å². The Bertz CT molecular complexity index is 1770. The highest BCUT2D eigenvalue weighted by molar-refractivity contribution is 5.61. The molecule has 236 valence electrons. The second-order valence-electron chi connectivity index (χ2n) is 11.0. The third-order valence-corrected chi connectivity index (χ3v) is 7.93. The van der Waals surface area contributed by atoms with Gasteiger partial charge in [0.25, 0.3) is 11.1 Å². The summed E-state index contributed by atoms with van der Waals surface area (Å²) in [5.41, 5.74) is 2.38. The van der Waals surface area contributed by atoms with Crippen molar-refractivity contribution in [2.45, 2.75) is 44.8 Å². The van der Waals surface area contributed by atoms with E-state index in [-0.39, 0.29) is 28.6 Å². The highest BCUT2D eigenvalue weighted by Gasteiger charge is 2.31. The molecule has 0 spiro atoms. The summed E-state index contributed by atoms with van der Waals surface area (Å²) < 4.78 is 55.8. The molecule has 1 atom stereocenters. The van der Waals surface area contributed by atoms with Gasteiger partial charge in [-0.1, -0.05) is 12.1 Å². The molecule has 6 rings (SSSR count). The van der Waals surface area contributed by atoms with Crippen molar-refractivity contribution in [3.8, 4) is 17.2 Å². The van der Waals surface area contributed by atoms with Crippen LogP contribution in [-0.2, 0) is 30.7 Å². The molecule has 2 aromatic heterocycles. The quantitative estimate of drug-likeness (QED) is 0.293. The third-order valence-electron chi connectivity index (χ3n) is 7.93. The summed E-state index contributed by atoms with van der Waals surface area (Å²) in [6.45, 7) is 3.09. The summed E-state index contributed by atoms with van der Waals surface area (Å²) in [5, 5.41) is 7.65. The molecule has 10 nitrogen and oxygen atoms in total. The van der Waals surface area contributed by atoms with Gasteiger partial charge in [0, 0.05) is 37.0 Å². The average Bonchev–Trinajstić information content (AvgIpc) is 3.52. The third kappa shape index (κ3) is 7.04. The Morgan fingerprint density at radius 1 is 0.978 bits per heavy atom. The Balaban J connectivity index is 1.20. The number of rotatable bonds is 9. The van der Waals surface area contributed by atoms with E-state index in [4.69, 9.17) is 9.47 Å². The molecule has 1 aliphatic carbocycles. The Morgan fingerprint density at radius 2 is 1.71 bits per heavy atom. The minimum atomic E-state index is -4.83. The Labute approximate surface area is 256 Å². The molecular formula is C32H32F3N5O5. The molecule has 0 radical (unpaired) electrons. The second kappa shape index (κ2) is 12.8. The molecule has 0 bridgehead atoms. The molecule has 45 heavy (non-hydrogen) atoms. The first kappa shape index (κ1) is 30.4. The number of nitrogens with zero attached hydrogens (tertiary/aromatic N) is 4. The second-order valence-corrected chi connectivity index (χ2v) is 11.0. The van der Waals surface area contributed by atoms with Crippen molar-refractivity contribution in [2.24, 2.45) is 0 Å². The largest absolute Gasteiger partial charge is 0.573 e. The van der Waals surface area contributed by atoms with Crippen LogP contribution >= 0.6 is 0 Å². The fourth-order valence-corrected chi connectivity index (χ4v) is 5.79. The number of benzene rings is 2. The van der Waals surface area contributed by atoms with Gasteiger partial charge < -0.3 is 24.1 Å². The summed E-state index contributed by atoms with van der Waals surface area (Å²) >= 11 is 0. The lowest BCUT2D eigenvalue weighted by Gasteiger charge is -2.33. The van der Waals surface area contributed by atoms with Crippen LogP contribution in [0.1, 0.15) is 23.1 Å². The highest BCUT2D eigenvalue weighted by atomic mass is 19.4. The predicted octanol–water partition coefficient (Wildman–Crippen LogP) is 4.43. The van der Waals surface area contributed by atoms with Crippen molar-refractivity contribution in [2.75, 3.05) is 32.1 Å². The number of aromatic nitrogens is 3. The van der Waals surface area contributed by atoms with Crippen LogP contribution in [0.4, 0.5) is 24.7 Å². The average molecular weight is 624 g/mol. The zero-order chi connectivity index (χ0) is 31.6. The van der Waals surface area contributed by atoms with E-state index >= 15 is 0 Å². The summed E-state index contributed by atoms with van der Waals surface area (Å²) in [4.78, 5) is 29.1. The molecule has 1 saturated heterocycles. The molecule has 0 unspecified atom stereocenters. The smallest absolute Gasteiger partial charge is 0.497 e. The molecule has 2 aliphatic rings. The van der Waals surface area contributed by atoms with Gasteiger partial charge in [-0.3, -0.25) is 14.5 Å². The number of methoxy groups -OCH3 is 1. The number of hydrogen-bond acceptors (Lipinski definition) is 8. The number of anilines is 2. The maximum atomic E-state index is 13.6. The lowest BCUT2D eigenvalue weighted by molar-refractivity contribution is -0.274. The first-order chi connectivity index (χ1) is 21.7. The highest BCUT2D eigenvalue weighted by Crippen LogP contribution is 2.28. The minimum absolute atomic E-state index is 0.196. The molecule has 2 aromatic carbocycles. The lowest BCUT2D eigenvalue weighted by atomic mass is 10.1. The molecule has 1 fully saturated rings. The fourth-order valence-electron chi connectivity index (χ4n) is 5.79. The topological polar surface area (TPSA) is 99.8 Å². The van der Waals surface area contributed by atoms with Gasteiger partial charge in [-0.15, -0.1) is 18.3 Å². The van der Waals surface area contributed by atoms with E-state index in [1.807, 2.05) is 24.3 Å². The van der Waals surface area contributed by atoms with Gasteiger partial charge in [0.15, 0.2) is 5.82 Å². The summed E-state index contributed by atoms with van der Waals surface area (Å²) in [6.07, 6.45) is -1.43. The van der Waals surface area contributed by atoms with Crippen LogP contribution < -0.4 is 25.9 Å². The number of pyridine rings is 1. The van der Waals surface area contributed by atoms with E-state index in [1.165, 1.54) is 12.1 Å². The van der Waals surface area contributed by atoms with Crippen LogP contribution in [0.2, 0.25) is 0 Å². The van der Waals surface area contributed by atoms with Gasteiger partial charge in [-0.25, -0.2) is 0 Å². The number of halogens is 3. The lowest BCUT2D eigenvalue weighted by Crippen LogP contribution is -2.44. The summed E-state index contributed by atoms with van der Waals surface area (Å²) in [5.74, 6) is 0.751. The van der Waals surface area contributed by atoms with Gasteiger partial charge in [0.2, 0.25) is 0 Å². The van der Waals surface area contributed by atoms with Crippen molar-refractivity contribution in [1.82, 2.24) is 19.2 Å². The number of morpholine rings is 1. The molecule has 1 aliphatic heterocycles. The molecule has 0 saturated carbocycles. The first-order valence-corrected chi connectivity index (χ1v) is 14.6. The van der Waals surface area contributed by atoms with Crippen LogP contribution in [0, 0.1) is 0 Å². The SMILES string of the molecule is COc1ccc(CN2CCO[C@H](Cn3cccc(Nc4nn(-c5ccc(OC(F)(F)F)cc5)c(=O)c5c4CCC5)c3=O)C2)cc1. The molecule has 3 heterocycles. The minimum Gasteiger partial charge on any atom is -0.497 e. The van der Waals surface area contributed by atoms with E-state index in [2.05, 4.69) is 20.1 Å². The van der Waals surface area contributed by atoms with Gasteiger partial charge in [0.05, 0.1) is 32.1 Å². The van der Waals surface area contributed by atoms with Crippen molar-refractivity contribution >= 4 is 11.5 Å². The predicted molar refractivity (Wildman–Crippen MR) is 161 cm³/mol. The maximum Gasteiger partial charge on any atom is 0.573 e. The molecular weight excluding hydrogens is 591 g/mol. The number of alkyl halides is 3. The Morgan fingerprint density at radius 3 is 2.44 bits per heavy atom. The molecule has 13 heteroatoms. The molecule has 0 amide bonds. The van der Waals surface area contributed by atoms with E-state index in [0.29, 0.717) is 43.9 Å². The summed E-state index contributed by atoms with van der Waals surface area (Å²) in [6, 6.07) is 16.3. The molecule has 1 N–H and O–H groups in total. The van der Waals surface area contributed by atoms with E-state index in [9.17, 15) is 22.8 Å². The van der Waals surface area contributed by atoms with Gasteiger partial charge in [0.1, 0.15) is 17.2 Å². The van der Waals surface area contributed by atoms with E-state index in [0.717, 1.165) is 53.2 Å². The summed E-state index contributed by atoms with van der Waals surface area (Å²) in [7, 11) is 1.64. The Hall–Kier alpha value is -4.62. The van der Waals surface area contributed by atoms with Gasteiger partial charge >= 0.3 is 6.36 Å². The zero-order valence-electron chi connectivity index (χ0n) is 24.5. The monoisotopic (exact) mass is 623 g/mol. The van der Waals surface area contributed by atoms with Crippen LogP contribution in [-0.4, -0.2) is 58.5 Å². The molecule has 4 aromatic rings. The van der Waals surface area contributed by atoms with Crippen LogP contribution in [0.25, 0.3) is 5.69 Å². The van der Waals surface area contributed by atoms with Crippen molar-refractivity contribution < 1.29 is 27.4 Å². The van der Waals surface area contributed by atoms with E-state index < -0.39 is 12.1 Å². The van der Waals surface area contributed by atoms with Crippen LogP contribution in [0.3, 0.4) is 0 Å². The van der Waals surface area contributed by atoms with Crippen molar-refractivity contribution in [3.05, 3.63) is 104 Å². The number of fused-ring (bicyclic) bond motifs is 1. The van der Waals surface area contributed by atoms with Gasteiger partial charge in [-0.2, -0.15) is 4.68 Å². The van der Waals surface area contributed by atoms with Crippen LogP contribution in [0.15, 0.2) is 76.4 Å². The number of hydrogen-bond donors (Lipinski definition) is 1. The maximum absolute atomic E-state index is 13.6. The number of ether oxygens (including phenoxy) is 3.